The molecule has 0 amide bonds. The quantitative estimate of drug-likeness (QED) is 0.662. The van der Waals surface area contributed by atoms with Gasteiger partial charge in [-0.1, -0.05) is 61.3 Å². The van der Waals surface area contributed by atoms with Gasteiger partial charge in [-0.05, 0) is 35.6 Å². The summed E-state index contributed by atoms with van der Waals surface area (Å²) >= 11 is 13.2. The van der Waals surface area contributed by atoms with Crippen LogP contribution in [0, 0.1) is 5.92 Å². The van der Waals surface area contributed by atoms with Crippen molar-refractivity contribution in [3.8, 4) is 0 Å². The lowest BCUT2D eigenvalue weighted by molar-refractivity contribution is 0.784. The Morgan fingerprint density at radius 1 is 1.10 bits per heavy atom. The molecule has 0 N–H and O–H groups in total. The summed E-state index contributed by atoms with van der Waals surface area (Å²) in [4.78, 5) is 4.54. The summed E-state index contributed by atoms with van der Waals surface area (Å²) in [5.41, 5.74) is 4.30. The van der Waals surface area contributed by atoms with Gasteiger partial charge in [-0.3, -0.25) is 4.98 Å². The molecule has 1 aliphatic rings. The van der Waals surface area contributed by atoms with E-state index in [4.69, 9.17) is 23.2 Å². The van der Waals surface area contributed by atoms with E-state index in [1.54, 1.807) is 0 Å². The first kappa shape index (κ1) is 14.6. The Morgan fingerprint density at radius 3 is 2.48 bits per heavy atom. The minimum Gasteiger partial charge on any atom is -0.256 e. The number of para-hydroxylation sites is 1. The van der Waals surface area contributed by atoms with Crippen molar-refractivity contribution in [1.29, 1.82) is 0 Å². The van der Waals surface area contributed by atoms with Crippen molar-refractivity contribution in [2.75, 3.05) is 0 Å². The molecule has 1 nitrogen and oxygen atoms in total. The van der Waals surface area contributed by atoms with Crippen LogP contribution in [0.15, 0.2) is 57.7 Å². The molecule has 1 aromatic heterocycles. The summed E-state index contributed by atoms with van der Waals surface area (Å²) < 4.78 is 0. The fourth-order valence-corrected chi connectivity index (χ4v) is 4.12. The van der Waals surface area contributed by atoms with E-state index in [0.29, 0.717) is 5.92 Å². The van der Waals surface area contributed by atoms with Gasteiger partial charge < -0.3 is 0 Å². The SMILES string of the molecule is CC1=C(Cl)C(C(C)C)=C(Cl)C1c1cccc2cccnc12. The van der Waals surface area contributed by atoms with Crippen molar-refractivity contribution < 1.29 is 0 Å². The second-order valence-corrected chi connectivity index (χ2v) is 6.55. The number of aromatic nitrogens is 1. The molecule has 108 valence electrons. The fourth-order valence-electron chi connectivity index (χ4n) is 3.05. The molecule has 0 aliphatic heterocycles. The number of hydrogen-bond acceptors (Lipinski definition) is 1. The predicted molar refractivity (Wildman–Crippen MR) is 90.8 cm³/mol. The van der Waals surface area contributed by atoms with Crippen LogP contribution in [0.3, 0.4) is 0 Å². The number of halogens is 2. The molecule has 1 aliphatic carbocycles. The topological polar surface area (TPSA) is 12.9 Å². The van der Waals surface area contributed by atoms with Crippen molar-refractivity contribution in [2.24, 2.45) is 5.92 Å². The standard InChI is InChI=1S/C18H17Cl2N/c1-10(2)14-16(19)11(3)15(17(14)20)13-8-4-6-12-7-5-9-21-18(12)13/h4-10,15H,1-3H3. The number of fused-ring (bicyclic) bond motifs is 1. The van der Waals surface area contributed by atoms with Crippen LogP contribution in [0.4, 0.5) is 0 Å². The van der Waals surface area contributed by atoms with Crippen LogP contribution in [0.2, 0.25) is 0 Å². The first-order chi connectivity index (χ1) is 10.0. The highest BCUT2D eigenvalue weighted by Gasteiger charge is 2.33. The molecule has 0 radical (unpaired) electrons. The lowest BCUT2D eigenvalue weighted by atomic mass is 9.92. The van der Waals surface area contributed by atoms with Gasteiger partial charge in [0.25, 0.3) is 0 Å². The second-order valence-electron chi connectivity index (χ2n) is 5.77. The minimum absolute atomic E-state index is 0.0233. The Hall–Kier alpha value is -1.31. The molecule has 3 rings (SSSR count). The molecule has 2 aromatic rings. The van der Waals surface area contributed by atoms with Crippen LogP contribution < -0.4 is 0 Å². The maximum absolute atomic E-state index is 6.69. The highest BCUT2D eigenvalue weighted by molar-refractivity contribution is 6.38. The Morgan fingerprint density at radius 2 is 1.81 bits per heavy atom. The zero-order chi connectivity index (χ0) is 15.1. The van der Waals surface area contributed by atoms with Gasteiger partial charge in [0.15, 0.2) is 0 Å². The molecule has 3 heteroatoms. The van der Waals surface area contributed by atoms with Gasteiger partial charge in [-0.25, -0.2) is 0 Å². The van der Waals surface area contributed by atoms with Crippen LogP contribution in [0.1, 0.15) is 32.3 Å². The number of nitrogens with zero attached hydrogens (tertiary/aromatic N) is 1. The summed E-state index contributed by atoms with van der Waals surface area (Å²) in [6.07, 6.45) is 1.82. The van der Waals surface area contributed by atoms with Crippen LogP contribution >= 0.6 is 23.2 Å². The zero-order valence-electron chi connectivity index (χ0n) is 12.3. The molecule has 0 saturated heterocycles. The van der Waals surface area contributed by atoms with Crippen molar-refractivity contribution in [3.05, 3.63) is 63.3 Å². The number of hydrogen-bond donors (Lipinski definition) is 0. The van der Waals surface area contributed by atoms with E-state index in [1.165, 1.54) is 0 Å². The van der Waals surface area contributed by atoms with Crippen molar-refractivity contribution in [1.82, 2.24) is 4.98 Å². The summed E-state index contributed by atoms with van der Waals surface area (Å²) in [5.74, 6) is 0.336. The Balaban J connectivity index is 2.25. The number of benzene rings is 1. The molecular formula is C18H17Cl2N. The molecule has 0 fully saturated rings. The summed E-state index contributed by atoms with van der Waals surface area (Å²) in [7, 11) is 0. The zero-order valence-corrected chi connectivity index (χ0v) is 13.8. The lowest BCUT2D eigenvalue weighted by Gasteiger charge is -2.16. The van der Waals surface area contributed by atoms with E-state index in [1.807, 2.05) is 12.3 Å². The summed E-state index contributed by atoms with van der Waals surface area (Å²) in [6.45, 7) is 6.31. The average Bonchev–Trinajstić information content (AvgIpc) is 2.69. The molecule has 0 spiro atoms. The first-order valence-electron chi connectivity index (χ1n) is 7.12. The molecule has 21 heavy (non-hydrogen) atoms. The normalized spacial score (nSPS) is 19.2. The fraction of sp³-hybridized carbons (Fsp3) is 0.278. The van der Waals surface area contributed by atoms with Crippen LogP contribution in [0.5, 0.6) is 0 Å². The van der Waals surface area contributed by atoms with Crippen LogP contribution in [0.25, 0.3) is 10.9 Å². The van der Waals surface area contributed by atoms with Crippen LogP contribution in [-0.4, -0.2) is 4.98 Å². The van der Waals surface area contributed by atoms with E-state index in [9.17, 15) is 0 Å². The molecule has 1 atom stereocenters. The Bertz CT molecular complexity index is 766. The Kier molecular flexibility index (Phi) is 3.81. The highest BCUT2D eigenvalue weighted by atomic mass is 35.5. The van der Waals surface area contributed by atoms with E-state index in [-0.39, 0.29) is 5.92 Å². The molecule has 0 bridgehead atoms. The van der Waals surface area contributed by atoms with Crippen molar-refractivity contribution in [3.63, 3.8) is 0 Å². The monoisotopic (exact) mass is 317 g/mol. The number of allylic oxidation sites excluding steroid dienone is 4. The third-order valence-electron chi connectivity index (χ3n) is 4.08. The van der Waals surface area contributed by atoms with Gasteiger partial charge in [0.2, 0.25) is 0 Å². The van der Waals surface area contributed by atoms with Gasteiger partial charge in [0.05, 0.1) is 5.52 Å². The molecule has 1 unspecified atom stereocenters. The van der Waals surface area contributed by atoms with Gasteiger partial charge in [-0.2, -0.15) is 0 Å². The van der Waals surface area contributed by atoms with Crippen molar-refractivity contribution >= 4 is 34.1 Å². The van der Waals surface area contributed by atoms with E-state index in [0.717, 1.165) is 37.7 Å². The van der Waals surface area contributed by atoms with Crippen LogP contribution in [-0.2, 0) is 0 Å². The van der Waals surface area contributed by atoms with Gasteiger partial charge in [0, 0.05) is 27.6 Å². The number of rotatable bonds is 2. The van der Waals surface area contributed by atoms with Gasteiger partial charge >= 0.3 is 0 Å². The average molecular weight is 318 g/mol. The summed E-state index contributed by atoms with van der Waals surface area (Å²) in [5, 5.41) is 2.78. The molecule has 1 heterocycles. The van der Waals surface area contributed by atoms with E-state index >= 15 is 0 Å². The van der Waals surface area contributed by atoms with E-state index < -0.39 is 0 Å². The predicted octanol–water partition coefficient (Wildman–Crippen LogP) is 5.99. The largest absolute Gasteiger partial charge is 0.256 e. The number of pyridine rings is 1. The third kappa shape index (κ3) is 2.29. The molecule has 0 saturated carbocycles. The minimum atomic E-state index is 0.0233. The van der Waals surface area contributed by atoms with E-state index in [2.05, 4.69) is 50.0 Å². The smallest absolute Gasteiger partial charge is 0.0743 e. The first-order valence-corrected chi connectivity index (χ1v) is 7.87. The molecular weight excluding hydrogens is 301 g/mol. The molecule has 1 aromatic carbocycles. The maximum Gasteiger partial charge on any atom is 0.0743 e. The van der Waals surface area contributed by atoms with Gasteiger partial charge in [-0.15, -0.1) is 0 Å². The lowest BCUT2D eigenvalue weighted by Crippen LogP contribution is -2.01. The third-order valence-corrected chi connectivity index (χ3v) is 5.00. The Labute approximate surface area is 135 Å². The van der Waals surface area contributed by atoms with Gasteiger partial charge in [0.1, 0.15) is 0 Å². The maximum atomic E-state index is 6.69. The van der Waals surface area contributed by atoms with Crippen molar-refractivity contribution in [2.45, 2.75) is 26.7 Å². The summed E-state index contributed by atoms with van der Waals surface area (Å²) in [6, 6.07) is 10.2. The highest BCUT2D eigenvalue weighted by Crippen LogP contribution is 2.50. The second kappa shape index (κ2) is 5.47.